The SMILES string of the molecule is C[C@@H]1CN(Cc2nc(N)nc(N)n2)CCN1. The normalized spacial score (nSPS) is 22.2. The molecule has 16 heavy (non-hydrogen) atoms. The zero-order valence-corrected chi connectivity index (χ0v) is 9.35. The van der Waals surface area contributed by atoms with E-state index in [1.54, 1.807) is 0 Å². The van der Waals surface area contributed by atoms with Crippen LogP contribution in [0.2, 0.25) is 0 Å². The molecule has 1 saturated heterocycles. The Hall–Kier alpha value is -1.47. The first kappa shape index (κ1) is 11.0. The number of nitrogens with one attached hydrogen (secondary N) is 1. The molecule has 0 aromatic carbocycles. The number of aromatic nitrogens is 3. The lowest BCUT2D eigenvalue weighted by atomic mass is 10.2. The fourth-order valence-electron chi connectivity index (χ4n) is 1.88. The maximum absolute atomic E-state index is 5.52. The van der Waals surface area contributed by atoms with Crippen LogP contribution in [0.15, 0.2) is 0 Å². The second kappa shape index (κ2) is 4.58. The highest BCUT2D eigenvalue weighted by Gasteiger charge is 2.16. The number of nitrogens with two attached hydrogens (primary N) is 2. The molecule has 5 N–H and O–H groups in total. The van der Waals surface area contributed by atoms with Gasteiger partial charge in [-0.1, -0.05) is 0 Å². The van der Waals surface area contributed by atoms with E-state index in [4.69, 9.17) is 11.5 Å². The van der Waals surface area contributed by atoms with Crippen LogP contribution in [0.4, 0.5) is 11.9 Å². The van der Waals surface area contributed by atoms with E-state index in [9.17, 15) is 0 Å². The zero-order chi connectivity index (χ0) is 11.5. The van der Waals surface area contributed by atoms with Crippen LogP contribution in [0.25, 0.3) is 0 Å². The average Bonchev–Trinajstić information content (AvgIpc) is 2.15. The smallest absolute Gasteiger partial charge is 0.225 e. The Labute approximate surface area is 94.3 Å². The van der Waals surface area contributed by atoms with Gasteiger partial charge in [0, 0.05) is 25.7 Å². The van der Waals surface area contributed by atoms with Crippen molar-refractivity contribution in [2.45, 2.75) is 19.5 Å². The quantitative estimate of drug-likeness (QED) is 0.580. The Morgan fingerprint density at radius 1 is 1.31 bits per heavy atom. The van der Waals surface area contributed by atoms with Crippen LogP contribution in [-0.2, 0) is 6.54 Å². The minimum Gasteiger partial charge on any atom is -0.368 e. The summed E-state index contributed by atoms with van der Waals surface area (Å²) in [6.45, 7) is 5.77. The molecule has 1 atom stereocenters. The first-order valence-corrected chi connectivity index (χ1v) is 5.35. The molecule has 7 heteroatoms. The van der Waals surface area contributed by atoms with Gasteiger partial charge in [-0.2, -0.15) is 15.0 Å². The van der Waals surface area contributed by atoms with Gasteiger partial charge < -0.3 is 16.8 Å². The number of nitrogens with zero attached hydrogens (tertiary/aromatic N) is 4. The molecule has 0 amide bonds. The summed E-state index contributed by atoms with van der Waals surface area (Å²) in [6.07, 6.45) is 0. The number of hydrogen-bond donors (Lipinski definition) is 3. The molecule has 1 aromatic rings. The van der Waals surface area contributed by atoms with Crippen LogP contribution in [-0.4, -0.2) is 45.5 Å². The van der Waals surface area contributed by atoms with Gasteiger partial charge in [-0.3, -0.25) is 4.90 Å². The number of rotatable bonds is 2. The maximum atomic E-state index is 5.52. The summed E-state index contributed by atoms with van der Waals surface area (Å²) in [5, 5.41) is 3.38. The van der Waals surface area contributed by atoms with E-state index in [0.717, 1.165) is 19.6 Å². The predicted molar refractivity (Wildman–Crippen MR) is 61.4 cm³/mol. The number of piperazine rings is 1. The summed E-state index contributed by atoms with van der Waals surface area (Å²) < 4.78 is 0. The van der Waals surface area contributed by atoms with Crippen molar-refractivity contribution in [3.63, 3.8) is 0 Å². The Bertz CT molecular complexity index is 347. The molecule has 7 nitrogen and oxygen atoms in total. The molecule has 0 radical (unpaired) electrons. The van der Waals surface area contributed by atoms with E-state index in [2.05, 4.69) is 32.1 Å². The molecule has 1 aliphatic rings. The van der Waals surface area contributed by atoms with Gasteiger partial charge in [0.2, 0.25) is 11.9 Å². The highest BCUT2D eigenvalue weighted by molar-refractivity contribution is 5.25. The minimum atomic E-state index is 0.186. The number of hydrogen-bond acceptors (Lipinski definition) is 7. The van der Waals surface area contributed by atoms with Crippen molar-refractivity contribution in [1.29, 1.82) is 0 Å². The van der Waals surface area contributed by atoms with Gasteiger partial charge >= 0.3 is 0 Å². The van der Waals surface area contributed by atoms with E-state index in [-0.39, 0.29) is 11.9 Å². The van der Waals surface area contributed by atoms with Gasteiger partial charge in [-0.25, -0.2) is 0 Å². The van der Waals surface area contributed by atoms with Crippen LogP contribution in [0.5, 0.6) is 0 Å². The van der Waals surface area contributed by atoms with E-state index in [1.165, 1.54) is 0 Å². The Balaban J connectivity index is 2.02. The summed E-state index contributed by atoms with van der Waals surface area (Å²) in [6, 6.07) is 0.491. The van der Waals surface area contributed by atoms with E-state index < -0.39 is 0 Å². The van der Waals surface area contributed by atoms with Gasteiger partial charge in [0.15, 0.2) is 0 Å². The van der Waals surface area contributed by atoms with E-state index in [1.807, 2.05) is 0 Å². The molecule has 88 valence electrons. The molecule has 2 rings (SSSR count). The third-order valence-corrected chi connectivity index (χ3v) is 2.53. The van der Waals surface area contributed by atoms with Crippen LogP contribution >= 0.6 is 0 Å². The molecule has 0 spiro atoms. The fraction of sp³-hybridized carbons (Fsp3) is 0.667. The number of anilines is 2. The number of nitrogen functional groups attached to an aromatic ring is 2. The summed E-state index contributed by atoms with van der Waals surface area (Å²) in [7, 11) is 0. The monoisotopic (exact) mass is 223 g/mol. The van der Waals surface area contributed by atoms with Crippen molar-refractivity contribution in [2.75, 3.05) is 31.1 Å². The molecule has 1 fully saturated rings. The van der Waals surface area contributed by atoms with E-state index >= 15 is 0 Å². The maximum Gasteiger partial charge on any atom is 0.225 e. The lowest BCUT2D eigenvalue weighted by molar-refractivity contribution is 0.195. The lowest BCUT2D eigenvalue weighted by Crippen LogP contribution is -2.48. The van der Waals surface area contributed by atoms with Crippen molar-refractivity contribution in [3.05, 3.63) is 5.82 Å². The first-order valence-electron chi connectivity index (χ1n) is 5.35. The Morgan fingerprint density at radius 2 is 2.00 bits per heavy atom. The highest BCUT2D eigenvalue weighted by atomic mass is 15.2. The molecule has 0 unspecified atom stereocenters. The zero-order valence-electron chi connectivity index (χ0n) is 9.35. The first-order chi connectivity index (χ1) is 7.63. The molecular weight excluding hydrogens is 206 g/mol. The van der Waals surface area contributed by atoms with Crippen LogP contribution in [0, 0.1) is 0 Å². The molecule has 1 aliphatic heterocycles. The van der Waals surface area contributed by atoms with Crippen LogP contribution in [0.1, 0.15) is 12.7 Å². The van der Waals surface area contributed by atoms with Gasteiger partial charge in [-0.15, -0.1) is 0 Å². The van der Waals surface area contributed by atoms with Crippen LogP contribution < -0.4 is 16.8 Å². The lowest BCUT2D eigenvalue weighted by Gasteiger charge is -2.31. The summed E-state index contributed by atoms with van der Waals surface area (Å²) in [5.74, 6) is 1.01. The summed E-state index contributed by atoms with van der Waals surface area (Å²) >= 11 is 0. The molecule has 0 aliphatic carbocycles. The Morgan fingerprint density at radius 3 is 2.62 bits per heavy atom. The third kappa shape index (κ3) is 2.77. The topological polar surface area (TPSA) is 106 Å². The van der Waals surface area contributed by atoms with Crippen molar-refractivity contribution in [2.24, 2.45) is 0 Å². The highest BCUT2D eigenvalue weighted by Crippen LogP contribution is 2.05. The second-order valence-electron chi connectivity index (χ2n) is 4.06. The molecule has 0 bridgehead atoms. The molecular formula is C9H17N7. The van der Waals surface area contributed by atoms with Crippen molar-refractivity contribution < 1.29 is 0 Å². The van der Waals surface area contributed by atoms with Crippen LogP contribution in [0.3, 0.4) is 0 Å². The fourth-order valence-corrected chi connectivity index (χ4v) is 1.88. The van der Waals surface area contributed by atoms with Gasteiger partial charge in [0.25, 0.3) is 0 Å². The van der Waals surface area contributed by atoms with E-state index in [0.29, 0.717) is 18.4 Å². The van der Waals surface area contributed by atoms with Crippen molar-refractivity contribution in [3.8, 4) is 0 Å². The second-order valence-corrected chi connectivity index (χ2v) is 4.06. The third-order valence-electron chi connectivity index (χ3n) is 2.53. The van der Waals surface area contributed by atoms with Gasteiger partial charge in [0.1, 0.15) is 5.82 Å². The minimum absolute atomic E-state index is 0.186. The van der Waals surface area contributed by atoms with Gasteiger partial charge in [0.05, 0.1) is 6.54 Å². The summed E-state index contributed by atoms with van der Waals surface area (Å²) in [5.41, 5.74) is 11.0. The van der Waals surface area contributed by atoms with Crippen molar-refractivity contribution in [1.82, 2.24) is 25.2 Å². The largest absolute Gasteiger partial charge is 0.368 e. The van der Waals surface area contributed by atoms with Gasteiger partial charge in [-0.05, 0) is 6.92 Å². The molecule has 1 aromatic heterocycles. The average molecular weight is 223 g/mol. The molecule has 0 saturated carbocycles. The predicted octanol–water partition coefficient (Wildman–Crippen LogP) is -1.17. The standard InChI is InChI=1S/C9H17N7/c1-6-4-16(3-2-12-6)5-7-13-8(10)15-9(11)14-7/h6,12H,2-5H2,1H3,(H4,10,11,13,14,15)/t6-/m1/s1. The Kier molecular flexibility index (Phi) is 3.16. The summed E-state index contributed by atoms with van der Waals surface area (Å²) in [4.78, 5) is 14.2. The molecule has 2 heterocycles. The van der Waals surface area contributed by atoms with Crippen molar-refractivity contribution >= 4 is 11.9 Å².